The third kappa shape index (κ3) is 8.25. The zero-order valence-electron chi connectivity index (χ0n) is 9.22. The predicted molar refractivity (Wildman–Crippen MR) is 63.0 cm³/mol. The Labute approximate surface area is 86.1 Å². The van der Waals surface area contributed by atoms with Gasteiger partial charge in [-0.25, -0.2) is 0 Å². The van der Waals surface area contributed by atoms with E-state index in [1.165, 1.54) is 38.5 Å². The Morgan fingerprint density at radius 2 is 2.00 bits per heavy atom. The van der Waals surface area contributed by atoms with E-state index < -0.39 is 0 Å². The molecule has 78 valence electrons. The molecule has 0 N–H and O–H groups in total. The summed E-state index contributed by atoms with van der Waals surface area (Å²) < 4.78 is 5.24. The zero-order valence-corrected chi connectivity index (χ0v) is 11.2. The van der Waals surface area contributed by atoms with Crippen LogP contribution < -0.4 is 0 Å². The summed E-state index contributed by atoms with van der Waals surface area (Å²) in [7, 11) is 0.854. The Morgan fingerprint density at radius 3 is 2.54 bits per heavy atom. The fraction of sp³-hybridized carbons (Fsp3) is 0.818. The molecule has 0 fully saturated rings. The van der Waals surface area contributed by atoms with Crippen LogP contribution in [0.25, 0.3) is 0 Å². The fourth-order valence-electron chi connectivity index (χ4n) is 1.49. The van der Waals surface area contributed by atoms with Gasteiger partial charge in [0.2, 0.25) is 0 Å². The SMILES string of the molecule is C=CC(CCCCCCC)CO[SiH3]. The predicted octanol–water partition coefficient (Wildman–Crippen LogP) is 2.45. The normalized spacial score (nSPS) is 13.0. The largest absolute Gasteiger partial charge is 0.427 e. The van der Waals surface area contributed by atoms with Crippen molar-refractivity contribution in [3.63, 3.8) is 0 Å². The summed E-state index contributed by atoms with van der Waals surface area (Å²) in [4.78, 5) is 0. The molecule has 1 unspecified atom stereocenters. The third-order valence-corrected chi connectivity index (χ3v) is 2.73. The summed E-state index contributed by atoms with van der Waals surface area (Å²) in [6.07, 6.45) is 10.1. The summed E-state index contributed by atoms with van der Waals surface area (Å²) in [6.45, 7) is 6.97. The topological polar surface area (TPSA) is 9.23 Å². The van der Waals surface area contributed by atoms with E-state index in [9.17, 15) is 0 Å². The van der Waals surface area contributed by atoms with E-state index in [4.69, 9.17) is 4.43 Å². The van der Waals surface area contributed by atoms with Gasteiger partial charge in [0.25, 0.3) is 0 Å². The summed E-state index contributed by atoms with van der Waals surface area (Å²) >= 11 is 0. The van der Waals surface area contributed by atoms with Gasteiger partial charge in [0.15, 0.2) is 0 Å². The molecule has 13 heavy (non-hydrogen) atoms. The van der Waals surface area contributed by atoms with E-state index >= 15 is 0 Å². The monoisotopic (exact) mass is 200 g/mol. The van der Waals surface area contributed by atoms with Gasteiger partial charge in [0.1, 0.15) is 10.5 Å². The standard InChI is InChI=1S/C11H24OSi/c1-3-5-6-7-8-9-11(4-2)10-12-13/h4,11H,2-3,5-10H2,1,13H3. The molecule has 0 rings (SSSR count). The molecule has 0 amide bonds. The van der Waals surface area contributed by atoms with Gasteiger partial charge in [-0.15, -0.1) is 6.58 Å². The van der Waals surface area contributed by atoms with Gasteiger partial charge in [0.05, 0.1) is 0 Å². The Kier molecular flexibility index (Phi) is 9.94. The molecule has 0 heterocycles. The molecule has 0 aromatic carbocycles. The van der Waals surface area contributed by atoms with Gasteiger partial charge in [-0.05, 0) is 12.3 Å². The molecule has 0 aliphatic carbocycles. The highest BCUT2D eigenvalue weighted by atomic mass is 28.2. The molecule has 0 radical (unpaired) electrons. The van der Waals surface area contributed by atoms with E-state index in [-0.39, 0.29) is 0 Å². The fourth-order valence-corrected chi connectivity index (χ4v) is 1.92. The summed E-state index contributed by atoms with van der Waals surface area (Å²) in [5.41, 5.74) is 0. The highest BCUT2D eigenvalue weighted by Gasteiger charge is 2.01. The lowest BCUT2D eigenvalue weighted by Crippen LogP contribution is -2.05. The summed E-state index contributed by atoms with van der Waals surface area (Å²) in [6, 6.07) is 0. The second kappa shape index (κ2) is 10.0. The molecule has 0 saturated carbocycles. The van der Waals surface area contributed by atoms with Crippen LogP contribution in [0.5, 0.6) is 0 Å². The van der Waals surface area contributed by atoms with Gasteiger partial charge in [0, 0.05) is 6.61 Å². The van der Waals surface area contributed by atoms with Crippen molar-refractivity contribution in [3.05, 3.63) is 12.7 Å². The molecular weight excluding hydrogens is 176 g/mol. The minimum atomic E-state index is 0.596. The van der Waals surface area contributed by atoms with Crippen LogP contribution in [0.3, 0.4) is 0 Å². The van der Waals surface area contributed by atoms with Crippen molar-refractivity contribution < 1.29 is 4.43 Å². The highest BCUT2D eigenvalue weighted by Crippen LogP contribution is 2.12. The highest BCUT2D eigenvalue weighted by molar-refractivity contribution is 5.97. The third-order valence-electron chi connectivity index (χ3n) is 2.39. The maximum absolute atomic E-state index is 5.24. The van der Waals surface area contributed by atoms with E-state index in [0.29, 0.717) is 5.92 Å². The van der Waals surface area contributed by atoms with Crippen LogP contribution in [0, 0.1) is 5.92 Å². The van der Waals surface area contributed by atoms with Crippen molar-refractivity contribution in [2.45, 2.75) is 45.4 Å². The van der Waals surface area contributed by atoms with Crippen LogP contribution in [0.15, 0.2) is 12.7 Å². The Bertz CT molecular complexity index is 115. The number of hydrogen-bond donors (Lipinski definition) is 0. The van der Waals surface area contributed by atoms with E-state index in [0.717, 1.165) is 17.1 Å². The summed E-state index contributed by atoms with van der Waals surface area (Å²) in [5, 5.41) is 0. The number of rotatable bonds is 9. The second-order valence-electron chi connectivity index (χ2n) is 3.65. The van der Waals surface area contributed by atoms with Crippen molar-refractivity contribution in [1.82, 2.24) is 0 Å². The van der Waals surface area contributed by atoms with Crippen LogP contribution in [0.2, 0.25) is 0 Å². The van der Waals surface area contributed by atoms with Crippen LogP contribution in [0.4, 0.5) is 0 Å². The Balaban J connectivity index is 3.22. The van der Waals surface area contributed by atoms with Crippen LogP contribution >= 0.6 is 0 Å². The molecular formula is C11H24OSi. The van der Waals surface area contributed by atoms with Crippen LogP contribution in [-0.4, -0.2) is 17.1 Å². The molecule has 1 nitrogen and oxygen atoms in total. The van der Waals surface area contributed by atoms with Gasteiger partial charge in [-0.3, -0.25) is 0 Å². The molecule has 0 aromatic rings. The van der Waals surface area contributed by atoms with Crippen molar-refractivity contribution in [2.75, 3.05) is 6.61 Å². The molecule has 0 spiro atoms. The lowest BCUT2D eigenvalue weighted by Gasteiger charge is -2.10. The molecule has 0 bridgehead atoms. The minimum Gasteiger partial charge on any atom is -0.427 e. The van der Waals surface area contributed by atoms with E-state index in [1.807, 2.05) is 6.08 Å². The second-order valence-corrected chi connectivity index (χ2v) is 4.23. The quantitative estimate of drug-likeness (QED) is 0.316. The molecule has 0 aromatic heterocycles. The first-order valence-corrected chi connectivity index (χ1v) is 6.28. The average molecular weight is 200 g/mol. The maximum atomic E-state index is 5.24. The van der Waals surface area contributed by atoms with Gasteiger partial charge in [-0.1, -0.05) is 45.1 Å². The summed E-state index contributed by atoms with van der Waals surface area (Å²) in [5.74, 6) is 0.596. The zero-order chi connectivity index (χ0) is 9.94. The number of hydrogen-bond acceptors (Lipinski definition) is 1. The number of unbranched alkanes of at least 4 members (excludes halogenated alkanes) is 4. The first-order valence-electron chi connectivity index (χ1n) is 5.46. The first-order chi connectivity index (χ1) is 6.35. The maximum Gasteiger partial charge on any atom is 0.145 e. The van der Waals surface area contributed by atoms with Gasteiger partial charge >= 0.3 is 0 Å². The molecule has 0 aliphatic rings. The molecule has 1 atom stereocenters. The van der Waals surface area contributed by atoms with Gasteiger partial charge in [-0.2, -0.15) is 0 Å². The van der Waals surface area contributed by atoms with Crippen LogP contribution in [-0.2, 0) is 4.43 Å². The lowest BCUT2D eigenvalue weighted by atomic mass is 10.0. The molecule has 0 aliphatic heterocycles. The van der Waals surface area contributed by atoms with Crippen molar-refractivity contribution >= 4 is 10.5 Å². The van der Waals surface area contributed by atoms with Crippen molar-refractivity contribution in [2.24, 2.45) is 5.92 Å². The van der Waals surface area contributed by atoms with Crippen molar-refractivity contribution in [1.29, 1.82) is 0 Å². The molecule has 2 heteroatoms. The van der Waals surface area contributed by atoms with Crippen molar-refractivity contribution in [3.8, 4) is 0 Å². The smallest absolute Gasteiger partial charge is 0.145 e. The van der Waals surface area contributed by atoms with E-state index in [1.54, 1.807) is 0 Å². The minimum absolute atomic E-state index is 0.596. The van der Waals surface area contributed by atoms with E-state index in [2.05, 4.69) is 13.5 Å². The van der Waals surface area contributed by atoms with Crippen LogP contribution in [0.1, 0.15) is 45.4 Å². The Hall–Kier alpha value is -0.0831. The molecule has 0 saturated heterocycles. The first kappa shape index (κ1) is 12.9. The van der Waals surface area contributed by atoms with Gasteiger partial charge < -0.3 is 4.43 Å². The average Bonchev–Trinajstić information content (AvgIpc) is 2.16. The Morgan fingerprint density at radius 1 is 1.31 bits per heavy atom. The lowest BCUT2D eigenvalue weighted by molar-refractivity contribution is 0.288.